The van der Waals surface area contributed by atoms with Crippen molar-refractivity contribution in [1.29, 1.82) is 0 Å². The van der Waals surface area contributed by atoms with Crippen molar-refractivity contribution >= 4 is 40.9 Å². The number of rotatable bonds is 8. The lowest BCUT2D eigenvalue weighted by molar-refractivity contribution is -0.123. The predicted molar refractivity (Wildman–Crippen MR) is 144 cm³/mol. The van der Waals surface area contributed by atoms with Crippen LogP contribution >= 0.6 is 12.2 Å². The van der Waals surface area contributed by atoms with Crippen LogP contribution in [0.4, 0.5) is 5.69 Å². The molecule has 0 spiro atoms. The smallest absolute Gasteiger partial charge is 0.277 e. The van der Waals surface area contributed by atoms with Gasteiger partial charge in [-0.15, -0.1) is 0 Å². The number of anilines is 1. The van der Waals surface area contributed by atoms with Crippen LogP contribution in [0.1, 0.15) is 29.7 Å². The molecule has 1 heterocycles. The van der Waals surface area contributed by atoms with Crippen molar-refractivity contribution in [3.8, 4) is 11.5 Å². The molecule has 36 heavy (non-hydrogen) atoms. The summed E-state index contributed by atoms with van der Waals surface area (Å²) in [5.41, 5.74) is 3.89. The molecule has 3 aromatic rings. The molecule has 1 unspecified atom stereocenters. The van der Waals surface area contributed by atoms with Crippen LogP contribution in [0.5, 0.6) is 11.5 Å². The molecule has 1 aliphatic heterocycles. The highest BCUT2D eigenvalue weighted by molar-refractivity contribution is 7.80. The Kier molecular flexibility index (Phi) is 7.65. The van der Waals surface area contributed by atoms with E-state index in [0.717, 1.165) is 16.7 Å². The summed E-state index contributed by atoms with van der Waals surface area (Å²) >= 11 is 5.44. The number of carbonyl (C=O) groups is 2. The number of hydrogen-bond donors (Lipinski definition) is 2. The van der Waals surface area contributed by atoms with Crippen LogP contribution in [-0.2, 0) is 9.59 Å². The van der Waals surface area contributed by atoms with Crippen LogP contribution in [0.25, 0.3) is 6.08 Å². The maximum absolute atomic E-state index is 13.1. The normalized spacial score (nSPS) is 15.0. The van der Waals surface area contributed by atoms with Gasteiger partial charge in [-0.1, -0.05) is 54.1 Å². The molecule has 1 fully saturated rings. The Balaban J connectivity index is 1.43. The van der Waals surface area contributed by atoms with E-state index >= 15 is 0 Å². The number of aryl methyl sites for hydroxylation is 1. The Hall–Kier alpha value is -4.17. The molecular weight excluding hydrogens is 474 g/mol. The topological polar surface area (TPSA) is 79.9 Å². The monoisotopic (exact) mass is 501 g/mol. The van der Waals surface area contributed by atoms with Crippen LogP contribution in [-0.4, -0.2) is 35.5 Å². The number of carbonyl (C=O) groups excluding carboxylic acids is 2. The summed E-state index contributed by atoms with van der Waals surface area (Å²) in [7, 11) is 1.52. The van der Waals surface area contributed by atoms with Crippen molar-refractivity contribution < 1.29 is 19.1 Å². The van der Waals surface area contributed by atoms with Gasteiger partial charge in [-0.05, 0) is 67.5 Å². The number of nitrogens with one attached hydrogen (secondary N) is 2. The zero-order chi connectivity index (χ0) is 25.7. The van der Waals surface area contributed by atoms with Gasteiger partial charge < -0.3 is 20.1 Å². The lowest BCUT2D eigenvalue weighted by atomic mass is 10.1. The van der Waals surface area contributed by atoms with E-state index < -0.39 is 0 Å². The molecule has 0 radical (unpaired) electrons. The zero-order valence-electron chi connectivity index (χ0n) is 20.3. The van der Waals surface area contributed by atoms with Gasteiger partial charge in [0.15, 0.2) is 23.2 Å². The van der Waals surface area contributed by atoms with E-state index in [1.807, 2.05) is 68.4 Å². The van der Waals surface area contributed by atoms with E-state index in [-0.39, 0.29) is 24.5 Å². The van der Waals surface area contributed by atoms with Crippen molar-refractivity contribution in [1.82, 2.24) is 10.2 Å². The molecule has 0 bridgehead atoms. The van der Waals surface area contributed by atoms with Gasteiger partial charge in [-0.2, -0.15) is 0 Å². The highest BCUT2D eigenvalue weighted by Crippen LogP contribution is 2.30. The second-order valence-electron chi connectivity index (χ2n) is 8.36. The van der Waals surface area contributed by atoms with Crippen molar-refractivity contribution in [2.75, 3.05) is 19.0 Å². The van der Waals surface area contributed by atoms with Gasteiger partial charge in [-0.3, -0.25) is 14.5 Å². The SMILES string of the molecule is COc1cc(/C=C2\NC(=S)N(C(C)c3ccccc3)C2=O)ccc1OCC(=O)Nc1ccc(C)cc1. The molecule has 0 aliphatic carbocycles. The molecule has 0 saturated carbocycles. The first kappa shape index (κ1) is 24.9. The number of nitrogens with zero attached hydrogens (tertiary/aromatic N) is 1. The molecule has 2 amide bonds. The molecule has 1 atom stereocenters. The predicted octanol–water partition coefficient (Wildman–Crippen LogP) is 4.84. The second-order valence-corrected chi connectivity index (χ2v) is 8.75. The number of ether oxygens (including phenoxy) is 2. The van der Waals surface area contributed by atoms with E-state index in [0.29, 0.717) is 28.0 Å². The van der Waals surface area contributed by atoms with E-state index in [1.54, 1.807) is 29.2 Å². The second kappa shape index (κ2) is 11.0. The molecule has 184 valence electrons. The summed E-state index contributed by atoms with van der Waals surface area (Å²) in [6.07, 6.45) is 1.71. The van der Waals surface area contributed by atoms with Crippen LogP contribution < -0.4 is 20.1 Å². The van der Waals surface area contributed by atoms with Gasteiger partial charge in [0.1, 0.15) is 5.70 Å². The maximum atomic E-state index is 13.1. The molecule has 3 aromatic carbocycles. The summed E-state index contributed by atoms with van der Waals surface area (Å²) < 4.78 is 11.1. The number of methoxy groups -OCH3 is 1. The van der Waals surface area contributed by atoms with E-state index in [4.69, 9.17) is 21.7 Å². The van der Waals surface area contributed by atoms with Crippen molar-refractivity contribution in [3.63, 3.8) is 0 Å². The van der Waals surface area contributed by atoms with Crippen LogP contribution in [0.15, 0.2) is 78.5 Å². The molecule has 4 rings (SSSR count). The van der Waals surface area contributed by atoms with Crippen LogP contribution in [0.2, 0.25) is 0 Å². The largest absolute Gasteiger partial charge is 0.493 e. The zero-order valence-corrected chi connectivity index (χ0v) is 21.1. The molecular formula is C28H27N3O4S. The van der Waals surface area contributed by atoms with Gasteiger partial charge in [0, 0.05) is 5.69 Å². The highest BCUT2D eigenvalue weighted by Gasteiger charge is 2.34. The van der Waals surface area contributed by atoms with E-state index in [2.05, 4.69) is 10.6 Å². The van der Waals surface area contributed by atoms with Crippen LogP contribution in [0.3, 0.4) is 0 Å². The summed E-state index contributed by atoms with van der Waals surface area (Å²) in [5, 5.41) is 6.16. The van der Waals surface area contributed by atoms with Crippen molar-refractivity contribution in [3.05, 3.63) is 95.2 Å². The lowest BCUT2D eigenvalue weighted by Crippen LogP contribution is -2.33. The van der Waals surface area contributed by atoms with E-state index in [9.17, 15) is 9.59 Å². The lowest BCUT2D eigenvalue weighted by Gasteiger charge is -2.23. The fourth-order valence-corrected chi connectivity index (χ4v) is 4.17. The summed E-state index contributed by atoms with van der Waals surface area (Å²) in [6, 6.07) is 22.3. The Morgan fingerprint density at radius 2 is 1.81 bits per heavy atom. The highest BCUT2D eigenvalue weighted by atomic mass is 32.1. The standard InChI is InChI=1S/C28H27N3O4S/c1-18-9-12-22(13-10-18)29-26(32)17-35-24-14-11-20(16-25(24)34-3)15-23-27(33)31(28(36)30-23)19(2)21-7-5-4-6-8-21/h4-16,19H,17H2,1-3H3,(H,29,32)(H,30,36)/b23-15-. The average molecular weight is 502 g/mol. The Labute approximate surface area is 215 Å². The maximum Gasteiger partial charge on any atom is 0.277 e. The fourth-order valence-electron chi connectivity index (χ4n) is 3.82. The Morgan fingerprint density at radius 3 is 2.50 bits per heavy atom. The van der Waals surface area contributed by atoms with Gasteiger partial charge in [0.25, 0.3) is 11.8 Å². The molecule has 8 heteroatoms. The Morgan fingerprint density at radius 1 is 1.08 bits per heavy atom. The minimum Gasteiger partial charge on any atom is -0.493 e. The first-order valence-electron chi connectivity index (χ1n) is 11.4. The Bertz CT molecular complexity index is 1310. The van der Waals surface area contributed by atoms with Gasteiger partial charge in [0.2, 0.25) is 0 Å². The summed E-state index contributed by atoms with van der Waals surface area (Å²) in [6.45, 7) is 3.74. The fraction of sp³-hybridized carbons (Fsp3) is 0.179. The van der Waals surface area contributed by atoms with Crippen molar-refractivity contribution in [2.24, 2.45) is 0 Å². The van der Waals surface area contributed by atoms with Gasteiger partial charge >= 0.3 is 0 Å². The summed E-state index contributed by atoms with van der Waals surface area (Å²) in [5.74, 6) is 0.367. The third kappa shape index (κ3) is 5.72. The molecule has 1 aliphatic rings. The number of amides is 2. The number of benzene rings is 3. The third-order valence-corrected chi connectivity index (χ3v) is 6.07. The van der Waals surface area contributed by atoms with Gasteiger partial charge in [0.05, 0.1) is 13.2 Å². The first-order chi connectivity index (χ1) is 17.4. The molecule has 1 saturated heterocycles. The summed E-state index contributed by atoms with van der Waals surface area (Å²) in [4.78, 5) is 27.0. The average Bonchev–Trinajstić information content (AvgIpc) is 3.16. The molecule has 7 nitrogen and oxygen atoms in total. The first-order valence-corrected chi connectivity index (χ1v) is 11.8. The number of hydrogen-bond acceptors (Lipinski definition) is 5. The molecule has 2 N–H and O–H groups in total. The van der Waals surface area contributed by atoms with Crippen molar-refractivity contribution in [2.45, 2.75) is 19.9 Å². The minimum atomic E-state index is -0.283. The van der Waals surface area contributed by atoms with E-state index in [1.165, 1.54) is 7.11 Å². The molecule has 0 aromatic heterocycles. The van der Waals surface area contributed by atoms with Crippen LogP contribution in [0, 0.1) is 6.92 Å². The number of thiocarbonyl (C=S) groups is 1. The quantitative estimate of drug-likeness (QED) is 0.340. The third-order valence-electron chi connectivity index (χ3n) is 5.77. The van der Waals surface area contributed by atoms with Gasteiger partial charge in [-0.25, -0.2) is 0 Å². The minimum absolute atomic E-state index is 0.175.